The highest BCUT2D eigenvalue weighted by Gasteiger charge is 2.16. The summed E-state index contributed by atoms with van der Waals surface area (Å²) in [6.45, 7) is 2.20. The van der Waals surface area contributed by atoms with Crippen molar-refractivity contribution in [2.45, 2.75) is 32.6 Å². The fourth-order valence-electron chi connectivity index (χ4n) is 3.08. The van der Waals surface area contributed by atoms with Gasteiger partial charge in [-0.25, -0.2) is 4.98 Å². The summed E-state index contributed by atoms with van der Waals surface area (Å²) in [5.41, 5.74) is 2.73. The number of rotatable bonds is 7. The first-order valence-electron chi connectivity index (χ1n) is 9.75. The molecule has 1 amide bonds. The molecule has 29 heavy (non-hydrogen) atoms. The Kier molecular flexibility index (Phi) is 6.82. The quantitative estimate of drug-likeness (QED) is 0.433. The molecule has 3 aromatic rings. The van der Waals surface area contributed by atoms with E-state index in [2.05, 4.69) is 34.7 Å². The largest absolute Gasteiger partial charge is 0.451 e. The number of anilines is 2. The topological polar surface area (TPSA) is 70.4 Å². The van der Waals surface area contributed by atoms with Gasteiger partial charge in [0.15, 0.2) is 10.9 Å². The molecular formula is C22H26N4O2S. The summed E-state index contributed by atoms with van der Waals surface area (Å²) < 4.78 is 5.67. The molecule has 0 saturated carbocycles. The van der Waals surface area contributed by atoms with Gasteiger partial charge in [0.1, 0.15) is 11.4 Å². The lowest BCUT2D eigenvalue weighted by atomic mass is 10.1. The third-order valence-corrected chi connectivity index (χ3v) is 4.78. The molecule has 1 aromatic carbocycles. The molecule has 6 nitrogen and oxygen atoms in total. The number of pyridine rings is 1. The number of fused-ring (bicyclic) bond motifs is 1. The van der Waals surface area contributed by atoms with Crippen LogP contribution in [0.4, 0.5) is 11.5 Å². The Hall–Kier alpha value is -2.93. The van der Waals surface area contributed by atoms with Crippen LogP contribution in [0.5, 0.6) is 0 Å². The predicted octanol–water partition coefficient (Wildman–Crippen LogP) is 4.75. The first kappa shape index (κ1) is 20.8. The van der Waals surface area contributed by atoms with E-state index in [-0.39, 0.29) is 10.9 Å². The minimum atomic E-state index is -0.403. The average Bonchev–Trinajstić information content (AvgIpc) is 3.14. The maximum absolute atomic E-state index is 12.5. The van der Waals surface area contributed by atoms with E-state index in [4.69, 9.17) is 16.6 Å². The number of aromatic nitrogens is 1. The second-order valence-electron chi connectivity index (χ2n) is 7.11. The molecule has 0 fully saturated rings. The number of hydrogen-bond acceptors (Lipinski definition) is 5. The summed E-state index contributed by atoms with van der Waals surface area (Å²) in [6.07, 6.45) is 6.38. The standard InChI is InChI=1S/C22H26N4O2S/c1-4-5-6-7-15-8-10-16(11-9-15)24-22(29)25-21(27)19-14-17-18(28-19)12-13-23-20(17)26(2)3/h8-14H,4-7H2,1-3H3,(H2,24,25,27,29). The van der Waals surface area contributed by atoms with Gasteiger partial charge in [0.05, 0.1) is 5.39 Å². The Bertz CT molecular complexity index is 996. The SMILES string of the molecule is CCCCCc1ccc(NC(=S)NC(=O)c2cc3c(N(C)C)nccc3o2)cc1. The van der Waals surface area contributed by atoms with Crippen LogP contribution in [-0.4, -0.2) is 30.1 Å². The lowest BCUT2D eigenvalue weighted by molar-refractivity contribution is 0.0953. The smallest absolute Gasteiger partial charge is 0.293 e. The predicted molar refractivity (Wildman–Crippen MR) is 122 cm³/mol. The Balaban J connectivity index is 1.61. The minimum absolute atomic E-state index is 0.187. The van der Waals surface area contributed by atoms with Crippen LogP contribution in [0.15, 0.2) is 47.0 Å². The molecule has 0 aliphatic heterocycles. The highest BCUT2D eigenvalue weighted by molar-refractivity contribution is 7.80. The third-order valence-electron chi connectivity index (χ3n) is 4.58. The van der Waals surface area contributed by atoms with Crippen LogP contribution in [0.1, 0.15) is 42.3 Å². The molecule has 7 heteroatoms. The fraction of sp³-hybridized carbons (Fsp3) is 0.318. The highest BCUT2D eigenvalue weighted by atomic mass is 32.1. The lowest BCUT2D eigenvalue weighted by Crippen LogP contribution is -2.33. The molecule has 2 heterocycles. The maximum atomic E-state index is 12.5. The van der Waals surface area contributed by atoms with Crippen LogP contribution in [0.3, 0.4) is 0 Å². The van der Waals surface area contributed by atoms with E-state index in [1.54, 1.807) is 18.3 Å². The molecule has 0 bridgehead atoms. The van der Waals surface area contributed by atoms with Crippen molar-refractivity contribution < 1.29 is 9.21 Å². The number of thiocarbonyl (C=S) groups is 1. The lowest BCUT2D eigenvalue weighted by Gasteiger charge is -2.10. The van der Waals surface area contributed by atoms with Gasteiger partial charge in [-0.2, -0.15) is 0 Å². The zero-order chi connectivity index (χ0) is 20.8. The second kappa shape index (κ2) is 9.52. The van der Waals surface area contributed by atoms with E-state index in [1.165, 1.54) is 24.8 Å². The number of carbonyl (C=O) groups is 1. The van der Waals surface area contributed by atoms with Gasteiger partial charge >= 0.3 is 0 Å². The normalized spacial score (nSPS) is 10.7. The van der Waals surface area contributed by atoms with E-state index < -0.39 is 5.91 Å². The van der Waals surface area contributed by atoms with Crippen molar-refractivity contribution in [3.05, 3.63) is 53.9 Å². The highest BCUT2D eigenvalue weighted by Crippen LogP contribution is 2.26. The Morgan fingerprint density at radius 2 is 1.93 bits per heavy atom. The monoisotopic (exact) mass is 410 g/mol. The third kappa shape index (κ3) is 5.32. The molecule has 0 saturated heterocycles. The van der Waals surface area contributed by atoms with E-state index >= 15 is 0 Å². The average molecular weight is 411 g/mol. The van der Waals surface area contributed by atoms with Gasteiger partial charge in [-0.3, -0.25) is 10.1 Å². The molecule has 2 aromatic heterocycles. The molecule has 152 valence electrons. The van der Waals surface area contributed by atoms with E-state index in [9.17, 15) is 4.79 Å². The fourth-order valence-corrected chi connectivity index (χ4v) is 3.29. The Morgan fingerprint density at radius 1 is 1.17 bits per heavy atom. The summed E-state index contributed by atoms with van der Waals surface area (Å²) in [6, 6.07) is 11.5. The minimum Gasteiger partial charge on any atom is -0.451 e. The number of unbranched alkanes of at least 4 members (excludes halogenated alkanes) is 2. The first-order chi connectivity index (χ1) is 14.0. The van der Waals surface area contributed by atoms with Gasteiger partial charge in [-0.05, 0) is 48.8 Å². The number of nitrogens with one attached hydrogen (secondary N) is 2. The van der Waals surface area contributed by atoms with Crippen molar-refractivity contribution in [2.24, 2.45) is 0 Å². The van der Waals surface area contributed by atoms with Crippen LogP contribution < -0.4 is 15.5 Å². The van der Waals surface area contributed by atoms with Crippen LogP contribution in [-0.2, 0) is 6.42 Å². The van der Waals surface area contributed by atoms with E-state index in [0.717, 1.165) is 23.3 Å². The molecule has 0 spiro atoms. The van der Waals surface area contributed by atoms with Crippen molar-refractivity contribution in [3.63, 3.8) is 0 Å². The van der Waals surface area contributed by atoms with Gasteiger partial charge in [0.2, 0.25) is 0 Å². The Morgan fingerprint density at radius 3 is 2.62 bits per heavy atom. The number of hydrogen-bond donors (Lipinski definition) is 2. The van der Waals surface area contributed by atoms with Gasteiger partial charge in [-0.1, -0.05) is 31.9 Å². The van der Waals surface area contributed by atoms with Crippen LogP contribution in [0, 0.1) is 0 Å². The molecule has 3 rings (SSSR count). The van der Waals surface area contributed by atoms with Gasteiger partial charge < -0.3 is 14.6 Å². The Labute approximate surface area is 176 Å². The molecule has 2 N–H and O–H groups in total. The van der Waals surface area contributed by atoms with Gasteiger partial charge in [0, 0.05) is 32.0 Å². The number of amides is 1. The summed E-state index contributed by atoms with van der Waals surface area (Å²) in [4.78, 5) is 18.7. The summed E-state index contributed by atoms with van der Waals surface area (Å²) >= 11 is 5.27. The second-order valence-corrected chi connectivity index (χ2v) is 7.52. The van der Waals surface area contributed by atoms with Gasteiger partial charge in [0.25, 0.3) is 5.91 Å². The van der Waals surface area contributed by atoms with Crippen molar-refractivity contribution in [1.82, 2.24) is 10.3 Å². The molecule has 0 unspecified atom stereocenters. The molecule has 0 aliphatic carbocycles. The summed E-state index contributed by atoms with van der Waals surface area (Å²) in [5, 5.41) is 6.70. The van der Waals surface area contributed by atoms with Crippen LogP contribution in [0.25, 0.3) is 11.0 Å². The number of carbonyl (C=O) groups excluding carboxylic acids is 1. The summed E-state index contributed by atoms with van der Waals surface area (Å²) in [5.74, 6) is 0.524. The van der Waals surface area contributed by atoms with Crippen molar-refractivity contribution in [2.75, 3.05) is 24.3 Å². The molecule has 0 atom stereocenters. The van der Waals surface area contributed by atoms with Crippen molar-refractivity contribution >= 4 is 45.7 Å². The number of aryl methyl sites for hydroxylation is 1. The zero-order valence-electron chi connectivity index (χ0n) is 17.0. The van der Waals surface area contributed by atoms with Crippen LogP contribution in [0.2, 0.25) is 0 Å². The van der Waals surface area contributed by atoms with Crippen molar-refractivity contribution in [1.29, 1.82) is 0 Å². The number of benzene rings is 1. The number of furan rings is 1. The van der Waals surface area contributed by atoms with Crippen molar-refractivity contribution in [3.8, 4) is 0 Å². The van der Waals surface area contributed by atoms with E-state index in [1.807, 2.05) is 31.1 Å². The zero-order valence-corrected chi connectivity index (χ0v) is 17.8. The van der Waals surface area contributed by atoms with E-state index in [0.29, 0.717) is 5.58 Å². The molecule has 0 radical (unpaired) electrons. The maximum Gasteiger partial charge on any atom is 0.293 e. The summed E-state index contributed by atoms with van der Waals surface area (Å²) in [7, 11) is 3.78. The number of nitrogens with zero attached hydrogens (tertiary/aromatic N) is 2. The first-order valence-corrected chi connectivity index (χ1v) is 10.2. The molecule has 0 aliphatic rings. The molecular weight excluding hydrogens is 384 g/mol. The van der Waals surface area contributed by atoms with Gasteiger partial charge in [-0.15, -0.1) is 0 Å². The van der Waals surface area contributed by atoms with Crippen LogP contribution >= 0.6 is 12.2 Å².